The van der Waals surface area contributed by atoms with Crippen LogP contribution in [0.15, 0.2) is 48.7 Å². The van der Waals surface area contributed by atoms with E-state index in [0.29, 0.717) is 22.0 Å². The van der Waals surface area contributed by atoms with Crippen molar-refractivity contribution >= 4 is 39.9 Å². The van der Waals surface area contributed by atoms with Crippen molar-refractivity contribution in [1.29, 1.82) is 0 Å². The number of nitrogens with zero attached hydrogens (tertiary/aromatic N) is 1. The first-order valence-electron chi connectivity index (χ1n) is 10.7. The molecule has 4 aromatic rings. The van der Waals surface area contributed by atoms with Crippen LogP contribution in [0, 0.1) is 34.6 Å². The molecule has 5 nitrogen and oxygen atoms in total. The van der Waals surface area contributed by atoms with Gasteiger partial charge in [0.15, 0.2) is 0 Å². The predicted octanol–water partition coefficient (Wildman–Crippen LogP) is 7.45. The van der Waals surface area contributed by atoms with Gasteiger partial charge in [0.1, 0.15) is 5.75 Å². The topological polar surface area (TPSA) is 74.2 Å². The van der Waals surface area contributed by atoms with Crippen LogP contribution in [0.1, 0.15) is 27.8 Å². The van der Waals surface area contributed by atoms with Crippen molar-refractivity contribution in [3.63, 3.8) is 0 Å². The molecule has 2 amide bonds. The van der Waals surface area contributed by atoms with E-state index in [1.165, 1.54) is 0 Å². The van der Waals surface area contributed by atoms with Crippen molar-refractivity contribution in [2.45, 2.75) is 34.6 Å². The van der Waals surface area contributed by atoms with Gasteiger partial charge < -0.3 is 15.7 Å². The van der Waals surface area contributed by atoms with Gasteiger partial charge in [-0.15, -0.1) is 0 Å². The Kier molecular flexibility index (Phi) is 6.00. The van der Waals surface area contributed by atoms with Crippen LogP contribution in [0.3, 0.4) is 0 Å². The highest BCUT2D eigenvalue weighted by Crippen LogP contribution is 2.39. The number of nitrogens with one attached hydrogen (secondary N) is 2. The van der Waals surface area contributed by atoms with Crippen molar-refractivity contribution in [1.82, 2.24) is 4.98 Å². The lowest BCUT2D eigenvalue weighted by Crippen LogP contribution is -2.21. The van der Waals surface area contributed by atoms with Gasteiger partial charge in [0, 0.05) is 27.2 Å². The summed E-state index contributed by atoms with van der Waals surface area (Å²) in [5, 5.41) is 17.6. The number of anilines is 2. The molecular formula is C27H26ClN3O2. The highest BCUT2D eigenvalue weighted by Gasteiger charge is 2.18. The van der Waals surface area contributed by atoms with Gasteiger partial charge in [-0.1, -0.05) is 41.4 Å². The van der Waals surface area contributed by atoms with Crippen LogP contribution in [0.2, 0.25) is 5.02 Å². The van der Waals surface area contributed by atoms with Crippen LogP contribution in [-0.4, -0.2) is 16.1 Å². The molecule has 1 aromatic heterocycles. The summed E-state index contributed by atoms with van der Waals surface area (Å²) in [5.41, 5.74) is 8.10. The summed E-state index contributed by atoms with van der Waals surface area (Å²) in [5.74, 6) is 0.240. The minimum absolute atomic E-state index is 0.240. The Morgan fingerprint density at radius 2 is 1.61 bits per heavy atom. The van der Waals surface area contributed by atoms with Crippen LogP contribution in [0.25, 0.3) is 22.0 Å². The molecule has 0 aliphatic rings. The monoisotopic (exact) mass is 459 g/mol. The summed E-state index contributed by atoms with van der Waals surface area (Å²) in [6.07, 6.45) is 1.67. The molecule has 4 rings (SSSR count). The van der Waals surface area contributed by atoms with E-state index in [1.807, 2.05) is 52.0 Å². The third-order valence-corrected chi connectivity index (χ3v) is 6.33. The van der Waals surface area contributed by atoms with Crippen LogP contribution in [-0.2, 0) is 0 Å². The van der Waals surface area contributed by atoms with Crippen molar-refractivity contribution in [2.75, 3.05) is 10.6 Å². The lowest BCUT2D eigenvalue weighted by Gasteiger charge is -2.18. The highest BCUT2D eigenvalue weighted by atomic mass is 35.5. The molecule has 168 valence electrons. The second-order valence-electron chi connectivity index (χ2n) is 8.42. The Balaban J connectivity index is 1.81. The maximum Gasteiger partial charge on any atom is 0.323 e. The first kappa shape index (κ1) is 22.6. The van der Waals surface area contributed by atoms with Gasteiger partial charge >= 0.3 is 6.03 Å². The first-order valence-corrected chi connectivity index (χ1v) is 11.1. The van der Waals surface area contributed by atoms with Gasteiger partial charge in [0.2, 0.25) is 0 Å². The second kappa shape index (κ2) is 8.75. The number of rotatable bonds is 3. The largest absolute Gasteiger partial charge is 0.507 e. The quantitative estimate of drug-likeness (QED) is 0.278. The molecular weight excluding hydrogens is 434 g/mol. The van der Waals surface area contributed by atoms with E-state index < -0.39 is 6.03 Å². The van der Waals surface area contributed by atoms with E-state index in [9.17, 15) is 9.90 Å². The molecule has 0 radical (unpaired) electrons. The zero-order valence-corrected chi connectivity index (χ0v) is 20.1. The maximum atomic E-state index is 13.0. The number of aromatic hydroxyl groups is 1. The summed E-state index contributed by atoms with van der Waals surface area (Å²) in [4.78, 5) is 17.7. The van der Waals surface area contributed by atoms with Gasteiger partial charge in [0.05, 0.1) is 17.4 Å². The van der Waals surface area contributed by atoms with E-state index in [1.54, 1.807) is 19.2 Å². The molecule has 1 heterocycles. The number of amides is 2. The summed E-state index contributed by atoms with van der Waals surface area (Å²) < 4.78 is 0. The first-order chi connectivity index (χ1) is 15.7. The van der Waals surface area contributed by atoms with Gasteiger partial charge in [-0.2, -0.15) is 0 Å². The molecule has 0 bridgehead atoms. The van der Waals surface area contributed by atoms with E-state index in [4.69, 9.17) is 11.6 Å². The fourth-order valence-electron chi connectivity index (χ4n) is 4.18. The number of pyridine rings is 1. The van der Waals surface area contributed by atoms with Crippen molar-refractivity contribution in [3.8, 4) is 16.9 Å². The molecule has 0 aliphatic carbocycles. The zero-order valence-electron chi connectivity index (χ0n) is 19.3. The van der Waals surface area contributed by atoms with Gasteiger partial charge in [-0.3, -0.25) is 4.98 Å². The number of fused-ring (bicyclic) bond motifs is 1. The minimum atomic E-state index is -0.401. The molecule has 33 heavy (non-hydrogen) atoms. The summed E-state index contributed by atoms with van der Waals surface area (Å²) in [7, 11) is 0. The molecule has 0 spiro atoms. The average Bonchev–Trinajstić information content (AvgIpc) is 2.76. The summed E-state index contributed by atoms with van der Waals surface area (Å²) in [6.45, 7) is 9.56. The number of carbonyl (C=O) groups excluding carboxylic acids is 1. The van der Waals surface area contributed by atoms with E-state index in [2.05, 4.69) is 27.8 Å². The molecule has 0 unspecified atom stereocenters. The molecule has 3 aromatic carbocycles. The molecule has 0 aliphatic heterocycles. The number of phenolic OH excluding ortho intramolecular Hbond substituents is 1. The second-order valence-corrected chi connectivity index (χ2v) is 8.83. The number of aromatic nitrogens is 1. The van der Waals surface area contributed by atoms with Crippen molar-refractivity contribution in [3.05, 3.63) is 81.5 Å². The molecule has 6 heteroatoms. The molecule has 3 N–H and O–H groups in total. The molecule has 0 atom stereocenters. The normalized spacial score (nSPS) is 11.0. The number of benzene rings is 3. The number of aryl methyl sites for hydroxylation is 3. The van der Waals surface area contributed by atoms with Gasteiger partial charge in [0.25, 0.3) is 0 Å². The molecule has 0 saturated heterocycles. The number of hydrogen-bond acceptors (Lipinski definition) is 3. The Labute approximate surface area is 198 Å². The predicted molar refractivity (Wildman–Crippen MR) is 137 cm³/mol. The summed E-state index contributed by atoms with van der Waals surface area (Å²) in [6, 6.07) is 13.1. The number of carbonyl (C=O) groups is 1. The molecule has 0 saturated carbocycles. The van der Waals surface area contributed by atoms with Crippen LogP contribution in [0.4, 0.5) is 16.2 Å². The van der Waals surface area contributed by atoms with Crippen molar-refractivity contribution < 1.29 is 9.90 Å². The maximum absolute atomic E-state index is 13.0. The fraction of sp³-hybridized carbons (Fsp3) is 0.185. The smallest absolute Gasteiger partial charge is 0.323 e. The third-order valence-electron chi connectivity index (χ3n) is 6.00. The number of urea groups is 1. The Morgan fingerprint density at radius 3 is 2.33 bits per heavy atom. The Hall–Kier alpha value is -3.57. The fourth-order valence-corrected chi connectivity index (χ4v) is 4.41. The Bertz CT molecular complexity index is 1410. The van der Waals surface area contributed by atoms with E-state index in [0.717, 1.165) is 44.3 Å². The lowest BCUT2D eigenvalue weighted by atomic mass is 9.96. The Morgan fingerprint density at radius 1 is 0.909 bits per heavy atom. The number of halogens is 1. The van der Waals surface area contributed by atoms with Gasteiger partial charge in [-0.25, -0.2) is 4.79 Å². The zero-order chi connectivity index (χ0) is 23.9. The van der Waals surface area contributed by atoms with E-state index in [-0.39, 0.29) is 5.75 Å². The third kappa shape index (κ3) is 4.24. The highest BCUT2D eigenvalue weighted by molar-refractivity contribution is 6.34. The van der Waals surface area contributed by atoms with Crippen molar-refractivity contribution in [2.24, 2.45) is 0 Å². The average molecular weight is 460 g/mol. The van der Waals surface area contributed by atoms with Crippen LogP contribution < -0.4 is 10.6 Å². The van der Waals surface area contributed by atoms with Crippen LogP contribution >= 0.6 is 11.6 Å². The van der Waals surface area contributed by atoms with Gasteiger partial charge in [-0.05, 0) is 75.1 Å². The number of hydrogen-bond donors (Lipinski definition) is 3. The summed E-state index contributed by atoms with van der Waals surface area (Å²) >= 11 is 6.58. The number of phenols is 1. The standard InChI is InChI=1S/C27H26ClN3O2/c1-14-10-15(2)25-20(11-14)24(19-8-6-7-9-21(19)28)23(13-29-25)31-27(33)30-22-12-16(3)26(32)18(5)17(22)4/h6-13,32H,1-5H3,(H2,30,31,33). The van der Waals surface area contributed by atoms with Crippen LogP contribution in [0.5, 0.6) is 5.75 Å². The molecule has 0 fully saturated rings. The van der Waals surface area contributed by atoms with E-state index >= 15 is 0 Å². The SMILES string of the molecule is Cc1cc(C)c2ncc(NC(=O)Nc3cc(C)c(O)c(C)c3C)c(-c3ccccc3Cl)c2c1. The lowest BCUT2D eigenvalue weighted by molar-refractivity contribution is 0.262. The minimum Gasteiger partial charge on any atom is -0.507 e.